The average Bonchev–Trinajstić information content (AvgIpc) is 2.32. The summed E-state index contributed by atoms with van der Waals surface area (Å²) in [5.74, 6) is 0.300. The van der Waals surface area contributed by atoms with Crippen molar-refractivity contribution in [3.63, 3.8) is 0 Å². The molecule has 0 bridgehead atoms. The highest BCUT2D eigenvalue weighted by Crippen LogP contribution is 2.21. The van der Waals surface area contributed by atoms with Gasteiger partial charge in [-0.2, -0.15) is 0 Å². The van der Waals surface area contributed by atoms with Gasteiger partial charge in [0, 0.05) is 23.9 Å². The number of ketones is 1. The molecule has 2 heteroatoms. The highest BCUT2D eigenvalue weighted by atomic mass is 16.1. The SMILES string of the molecule is Cc1ccc(C)c(NC=C2CCCCC2=O)c1. The standard InChI is InChI=1S/C15H19NO/c1-11-7-8-12(2)14(9-11)16-10-13-5-3-4-6-15(13)17/h7-10,16H,3-6H2,1-2H3. The molecule has 0 unspecified atom stereocenters. The lowest BCUT2D eigenvalue weighted by Crippen LogP contribution is -2.10. The van der Waals surface area contributed by atoms with Gasteiger partial charge in [0.05, 0.1) is 0 Å². The van der Waals surface area contributed by atoms with Gasteiger partial charge >= 0.3 is 0 Å². The summed E-state index contributed by atoms with van der Waals surface area (Å²) in [6, 6.07) is 6.30. The summed E-state index contributed by atoms with van der Waals surface area (Å²) in [4.78, 5) is 11.7. The molecule has 0 aliphatic heterocycles. The fourth-order valence-corrected chi connectivity index (χ4v) is 2.11. The molecule has 0 radical (unpaired) electrons. The van der Waals surface area contributed by atoms with Crippen LogP contribution in [0.1, 0.15) is 36.8 Å². The fourth-order valence-electron chi connectivity index (χ4n) is 2.11. The molecule has 2 rings (SSSR count). The number of aryl methyl sites for hydroxylation is 2. The molecule has 1 saturated carbocycles. The summed E-state index contributed by atoms with van der Waals surface area (Å²) in [5, 5.41) is 3.27. The molecule has 17 heavy (non-hydrogen) atoms. The molecule has 0 aromatic heterocycles. The lowest BCUT2D eigenvalue weighted by molar-refractivity contribution is -0.116. The highest BCUT2D eigenvalue weighted by molar-refractivity contribution is 5.96. The maximum atomic E-state index is 11.7. The molecule has 1 aromatic carbocycles. The molecule has 1 N–H and O–H groups in total. The molecule has 0 heterocycles. The number of anilines is 1. The maximum absolute atomic E-state index is 11.7. The van der Waals surface area contributed by atoms with Crippen LogP contribution in [0.5, 0.6) is 0 Å². The smallest absolute Gasteiger partial charge is 0.160 e. The van der Waals surface area contributed by atoms with Crippen molar-refractivity contribution in [2.75, 3.05) is 5.32 Å². The third kappa shape index (κ3) is 2.96. The van der Waals surface area contributed by atoms with Crippen molar-refractivity contribution in [3.05, 3.63) is 41.1 Å². The Labute approximate surface area is 103 Å². The summed E-state index contributed by atoms with van der Waals surface area (Å²) in [7, 11) is 0. The van der Waals surface area contributed by atoms with E-state index >= 15 is 0 Å². The second kappa shape index (κ2) is 5.17. The van der Waals surface area contributed by atoms with Crippen molar-refractivity contribution >= 4 is 11.5 Å². The molecule has 0 spiro atoms. The van der Waals surface area contributed by atoms with Crippen LogP contribution in [0.4, 0.5) is 5.69 Å². The quantitative estimate of drug-likeness (QED) is 0.783. The van der Waals surface area contributed by atoms with Gasteiger partial charge < -0.3 is 5.32 Å². The molecule has 1 aliphatic carbocycles. The number of carbonyl (C=O) groups is 1. The van der Waals surface area contributed by atoms with E-state index < -0.39 is 0 Å². The normalized spacial score (nSPS) is 18.5. The zero-order chi connectivity index (χ0) is 12.3. The molecule has 1 fully saturated rings. The van der Waals surface area contributed by atoms with Crippen molar-refractivity contribution in [2.45, 2.75) is 39.5 Å². The van der Waals surface area contributed by atoms with Gasteiger partial charge in [0.1, 0.15) is 0 Å². The topological polar surface area (TPSA) is 29.1 Å². The number of rotatable bonds is 2. The second-order valence-corrected chi connectivity index (χ2v) is 4.76. The van der Waals surface area contributed by atoms with E-state index in [-0.39, 0.29) is 0 Å². The van der Waals surface area contributed by atoms with Crippen molar-refractivity contribution in [3.8, 4) is 0 Å². The van der Waals surface area contributed by atoms with Gasteiger partial charge in [-0.3, -0.25) is 4.79 Å². The van der Waals surface area contributed by atoms with Crippen LogP contribution in [-0.4, -0.2) is 5.78 Å². The first-order chi connectivity index (χ1) is 8.16. The minimum Gasteiger partial charge on any atom is -0.361 e. The van der Waals surface area contributed by atoms with Crippen LogP contribution in [0, 0.1) is 13.8 Å². The fraction of sp³-hybridized carbons (Fsp3) is 0.400. The van der Waals surface area contributed by atoms with Crippen LogP contribution in [-0.2, 0) is 4.79 Å². The Morgan fingerprint density at radius 2 is 1.94 bits per heavy atom. The van der Waals surface area contributed by atoms with E-state index in [0.29, 0.717) is 12.2 Å². The number of nitrogens with one attached hydrogen (secondary N) is 1. The highest BCUT2D eigenvalue weighted by Gasteiger charge is 2.14. The van der Waals surface area contributed by atoms with E-state index in [1.165, 1.54) is 11.1 Å². The van der Waals surface area contributed by atoms with E-state index in [1.807, 2.05) is 6.20 Å². The van der Waals surface area contributed by atoms with Crippen LogP contribution < -0.4 is 5.32 Å². The van der Waals surface area contributed by atoms with Gasteiger partial charge in [0.15, 0.2) is 5.78 Å². The number of Topliss-reactive ketones (excluding diaryl/α,β-unsaturated/α-hetero) is 1. The number of allylic oxidation sites excluding steroid dienone is 1. The summed E-state index contributed by atoms with van der Waals surface area (Å²) in [6.07, 6.45) is 5.69. The lowest BCUT2D eigenvalue weighted by atomic mass is 9.94. The minimum atomic E-state index is 0.300. The lowest BCUT2D eigenvalue weighted by Gasteiger charge is -2.13. The summed E-state index contributed by atoms with van der Waals surface area (Å²) >= 11 is 0. The third-order valence-electron chi connectivity index (χ3n) is 3.25. The molecule has 0 atom stereocenters. The summed E-state index contributed by atoms with van der Waals surface area (Å²) in [6.45, 7) is 4.15. The van der Waals surface area contributed by atoms with Crippen molar-refractivity contribution in [1.82, 2.24) is 0 Å². The Morgan fingerprint density at radius 1 is 1.18 bits per heavy atom. The van der Waals surface area contributed by atoms with Crippen molar-refractivity contribution < 1.29 is 4.79 Å². The van der Waals surface area contributed by atoms with Gasteiger partial charge in [-0.25, -0.2) is 0 Å². The van der Waals surface area contributed by atoms with E-state index in [1.54, 1.807) is 0 Å². The van der Waals surface area contributed by atoms with Crippen LogP contribution in [0.3, 0.4) is 0 Å². The molecule has 90 valence electrons. The predicted octanol–water partition coefficient (Wildman–Crippen LogP) is 3.74. The number of hydrogen-bond acceptors (Lipinski definition) is 2. The average molecular weight is 229 g/mol. The van der Waals surface area contributed by atoms with Gasteiger partial charge in [-0.15, -0.1) is 0 Å². The molecule has 1 aromatic rings. The molecular formula is C15H19NO. The second-order valence-electron chi connectivity index (χ2n) is 4.76. The predicted molar refractivity (Wildman–Crippen MR) is 71.1 cm³/mol. The zero-order valence-electron chi connectivity index (χ0n) is 10.5. The minimum absolute atomic E-state index is 0.300. The maximum Gasteiger partial charge on any atom is 0.160 e. The molecule has 1 aliphatic rings. The number of benzene rings is 1. The van der Waals surface area contributed by atoms with Gasteiger partial charge in [0.2, 0.25) is 0 Å². The Balaban J connectivity index is 2.13. The molecule has 0 saturated heterocycles. The first-order valence-electron chi connectivity index (χ1n) is 6.23. The largest absolute Gasteiger partial charge is 0.361 e. The van der Waals surface area contributed by atoms with Crippen LogP contribution in [0.2, 0.25) is 0 Å². The zero-order valence-corrected chi connectivity index (χ0v) is 10.5. The van der Waals surface area contributed by atoms with Gasteiger partial charge in [-0.05, 0) is 50.3 Å². The van der Waals surface area contributed by atoms with Crippen LogP contribution >= 0.6 is 0 Å². The number of carbonyl (C=O) groups excluding carboxylic acids is 1. The molecular weight excluding hydrogens is 210 g/mol. The van der Waals surface area contributed by atoms with E-state index in [9.17, 15) is 4.79 Å². The first-order valence-corrected chi connectivity index (χ1v) is 6.23. The van der Waals surface area contributed by atoms with E-state index in [4.69, 9.17) is 0 Å². The van der Waals surface area contributed by atoms with Crippen molar-refractivity contribution in [2.24, 2.45) is 0 Å². The van der Waals surface area contributed by atoms with E-state index in [2.05, 4.69) is 37.4 Å². The monoisotopic (exact) mass is 229 g/mol. The summed E-state index contributed by atoms with van der Waals surface area (Å²) in [5.41, 5.74) is 4.47. The Bertz CT molecular complexity index is 460. The Morgan fingerprint density at radius 3 is 2.71 bits per heavy atom. The molecule has 2 nitrogen and oxygen atoms in total. The Hall–Kier alpha value is -1.57. The van der Waals surface area contributed by atoms with Crippen LogP contribution in [0.15, 0.2) is 30.0 Å². The van der Waals surface area contributed by atoms with Crippen LogP contribution in [0.25, 0.3) is 0 Å². The first kappa shape index (κ1) is 11.9. The Kier molecular flexibility index (Phi) is 3.62. The van der Waals surface area contributed by atoms with Gasteiger partial charge in [-0.1, -0.05) is 12.1 Å². The van der Waals surface area contributed by atoms with Crippen molar-refractivity contribution in [1.29, 1.82) is 0 Å². The summed E-state index contributed by atoms with van der Waals surface area (Å²) < 4.78 is 0. The number of hydrogen-bond donors (Lipinski definition) is 1. The third-order valence-corrected chi connectivity index (χ3v) is 3.25. The van der Waals surface area contributed by atoms with Gasteiger partial charge in [0.25, 0.3) is 0 Å². The molecule has 0 amide bonds. The van der Waals surface area contributed by atoms with E-state index in [0.717, 1.165) is 30.5 Å².